The lowest BCUT2D eigenvalue weighted by atomic mass is 10.2. The van der Waals surface area contributed by atoms with E-state index in [2.05, 4.69) is 27.5 Å². The Kier molecular flexibility index (Phi) is 7.20. The third-order valence-electron chi connectivity index (χ3n) is 3.64. The number of nitrogen functional groups attached to an aromatic ring is 1. The minimum atomic E-state index is -0.325. The van der Waals surface area contributed by atoms with Crippen LogP contribution in [0, 0.1) is 5.92 Å². The van der Waals surface area contributed by atoms with Gasteiger partial charge in [-0.3, -0.25) is 0 Å². The van der Waals surface area contributed by atoms with Crippen molar-refractivity contribution in [3.63, 3.8) is 0 Å². The molecule has 4 N–H and O–H groups in total. The van der Waals surface area contributed by atoms with E-state index in [1.54, 1.807) is 24.3 Å². The van der Waals surface area contributed by atoms with Gasteiger partial charge in [0.2, 0.25) is 0 Å². The monoisotopic (exact) mass is 357 g/mol. The number of nitrogens with two attached hydrogens (primary N) is 1. The van der Waals surface area contributed by atoms with Gasteiger partial charge >= 0.3 is 5.97 Å². The van der Waals surface area contributed by atoms with Crippen molar-refractivity contribution in [2.24, 2.45) is 5.92 Å². The second-order valence-corrected chi connectivity index (χ2v) is 6.46. The van der Waals surface area contributed by atoms with Crippen LogP contribution in [0.3, 0.4) is 0 Å². The summed E-state index contributed by atoms with van der Waals surface area (Å²) < 4.78 is 5.22. The number of unbranched alkanes of at least 4 members (excludes halogenated alkanes) is 1. The predicted molar refractivity (Wildman–Crippen MR) is 105 cm³/mol. The molecule has 0 fully saturated rings. The van der Waals surface area contributed by atoms with Crippen LogP contribution in [0.5, 0.6) is 0 Å². The van der Waals surface area contributed by atoms with Crippen molar-refractivity contribution >= 4 is 29.0 Å². The maximum absolute atomic E-state index is 12.0. The molecule has 2 aromatic rings. The van der Waals surface area contributed by atoms with Gasteiger partial charge in [-0.15, -0.1) is 0 Å². The fourth-order valence-electron chi connectivity index (χ4n) is 2.17. The largest absolute Gasteiger partial charge is 0.462 e. The summed E-state index contributed by atoms with van der Waals surface area (Å²) in [4.78, 5) is 20.3. The molecular weight excluding hydrogens is 330 g/mol. The molecule has 1 aromatic heterocycles. The highest BCUT2D eigenvalue weighted by Crippen LogP contribution is 2.26. The molecule has 0 amide bonds. The number of anilines is 4. The molecule has 0 aliphatic heterocycles. The van der Waals surface area contributed by atoms with E-state index in [-0.39, 0.29) is 5.97 Å². The highest BCUT2D eigenvalue weighted by Gasteiger charge is 2.10. The van der Waals surface area contributed by atoms with Crippen molar-refractivity contribution < 1.29 is 9.53 Å². The van der Waals surface area contributed by atoms with Gasteiger partial charge in [0.25, 0.3) is 0 Å². The van der Waals surface area contributed by atoms with E-state index in [4.69, 9.17) is 10.5 Å². The van der Waals surface area contributed by atoms with Crippen LogP contribution in [0.4, 0.5) is 23.0 Å². The zero-order valence-electron chi connectivity index (χ0n) is 15.6. The maximum Gasteiger partial charge on any atom is 0.338 e. The van der Waals surface area contributed by atoms with Crippen LogP contribution in [-0.4, -0.2) is 29.1 Å². The molecule has 0 saturated carbocycles. The number of benzene rings is 1. The second kappa shape index (κ2) is 9.60. The fraction of sp³-hybridized carbons (Fsp3) is 0.421. The minimum Gasteiger partial charge on any atom is -0.462 e. The molecule has 1 heterocycles. The number of carbonyl (C=O) groups excluding carboxylic acids is 1. The molecule has 0 bridgehead atoms. The molecule has 2 rings (SSSR count). The van der Waals surface area contributed by atoms with Crippen LogP contribution < -0.4 is 16.4 Å². The minimum absolute atomic E-state index is 0.306. The summed E-state index contributed by atoms with van der Waals surface area (Å²) in [6, 6.07) is 7.00. The van der Waals surface area contributed by atoms with Crippen LogP contribution in [0.15, 0.2) is 30.6 Å². The molecule has 0 radical (unpaired) electrons. The molecule has 1 aromatic carbocycles. The van der Waals surface area contributed by atoms with E-state index < -0.39 is 0 Å². The van der Waals surface area contributed by atoms with Crippen LogP contribution in [0.1, 0.15) is 44.0 Å². The summed E-state index contributed by atoms with van der Waals surface area (Å²) in [6.45, 7) is 7.34. The average Bonchev–Trinajstić information content (AvgIpc) is 2.63. The number of ether oxygens (including phenoxy) is 1. The molecule has 7 nitrogen and oxygen atoms in total. The lowest BCUT2D eigenvalue weighted by Gasteiger charge is -2.12. The number of esters is 1. The number of nitrogens with one attached hydrogen (secondary N) is 2. The molecule has 0 unspecified atom stereocenters. The molecule has 0 aliphatic carbocycles. The normalized spacial score (nSPS) is 10.6. The molecule has 0 saturated heterocycles. The van der Waals surface area contributed by atoms with Crippen LogP contribution in [0.2, 0.25) is 0 Å². The third-order valence-corrected chi connectivity index (χ3v) is 3.64. The lowest BCUT2D eigenvalue weighted by Crippen LogP contribution is -2.10. The SMILES string of the molecule is CCCCNc1ncnc(Nc2ccc(C(=O)OCC(C)C)cc2)c1N. The number of nitrogens with zero attached hydrogens (tertiary/aromatic N) is 2. The average molecular weight is 357 g/mol. The Morgan fingerprint density at radius 2 is 1.88 bits per heavy atom. The highest BCUT2D eigenvalue weighted by molar-refractivity contribution is 5.90. The summed E-state index contributed by atoms with van der Waals surface area (Å²) in [5, 5.41) is 6.36. The fourth-order valence-corrected chi connectivity index (χ4v) is 2.17. The first kappa shape index (κ1) is 19.5. The van der Waals surface area contributed by atoms with E-state index >= 15 is 0 Å². The Labute approximate surface area is 154 Å². The second-order valence-electron chi connectivity index (χ2n) is 6.46. The molecule has 0 aliphatic rings. The van der Waals surface area contributed by atoms with Crippen LogP contribution in [0.25, 0.3) is 0 Å². The smallest absolute Gasteiger partial charge is 0.338 e. The quantitative estimate of drug-likeness (QED) is 0.463. The molecule has 26 heavy (non-hydrogen) atoms. The Morgan fingerprint density at radius 3 is 2.54 bits per heavy atom. The van der Waals surface area contributed by atoms with Gasteiger partial charge in [0.15, 0.2) is 11.6 Å². The Balaban J connectivity index is 2.02. The number of carbonyl (C=O) groups is 1. The van der Waals surface area contributed by atoms with Gasteiger partial charge in [-0.25, -0.2) is 14.8 Å². The topological polar surface area (TPSA) is 102 Å². The Hall–Kier alpha value is -2.83. The standard InChI is InChI=1S/C19H27N5O2/c1-4-5-10-21-17-16(20)18(23-12-22-17)24-15-8-6-14(7-9-15)19(25)26-11-13(2)3/h6-9,12-13H,4-5,10-11,20H2,1-3H3,(H2,21,22,23,24). The van der Waals surface area contributed by atoms with Gasteiger partial charge in [-0.2, -0.15) is 0 Å². The zero-order chi connectivity index (χ0) is 18.9. The van der Waals surface area contributed by atoms with Gasteiger partial charge in [-0.1, -0.05) is 27.2 Å². The molecule has 7 heteroatoms. The number of hydrogen-bond donors (Lipinski definition) is 3. The van der Waals surface area contributed by atoms with E-state index in [1.807, 2.05) is 13.8 Å². The van der Waals surface area contributed by atoms with E-state index in [0.717, 1.165) is 25.1 Å². The van der Waals surface area contributed by atoms with Gasteiger partial charge in [-0.05, 0) is 36.6 Å². The van der Waals surface area contributed by atoms with Gasteiger partial charge in [0, 0.05) is 12.2 Å². The summed E-state index contributed by atoms with van der Waals surface area (Å²) in [7, 11) is 0. The lowest BCUT2D eigenvalue weighted by molar-refractivity contribution is 0.0459. The number of aromatic nitrogens is 2. The molecular formula is C19H27N5O2. The van der Waals surface area contributed by atoms with Gasteiger partial charge in [0.05, 0.1) is 12.2 Å². The summed E-state index contributed by atoms with van der Waals surface area (Å²) in [5.74, 6) is 1.12. The summed E-state index contributed by atoms with van der Waals surface area (Å²) in [5.41, 5.74) is 7.88. The summed E-state index contributed by atoms with van der Waals surface area (Å²) >= 11 is 0. The Morgan fingerprint density at radius 1 is 1.19 bits per heavy atom. The first-order valence-corrected chi connectivity index (χ1v) is 8.89. The molecule has 140 valence electrons. The van der Waals surface area contributed by atoms with Crippen molar-refractivity contribution in [3.05, 3.63) is 36.2 Å². The van der Waals surface area contributed by atoms with E-state index in [9.17, 15) is 4.79 Å². The van der Waals surface area contributed by atoms with Crippen molar-refractivity contribution in [3.8, 4) is 0 Å². The van der Waals surface area contributed by atoms with Gasteiger partial charge < -0.3 is 21.1 Å². The number of rotatable bonds is 9. The maximum atomic E-state index is 12.0. The van der Waals surface area contributed by atoms with Gasteiger partial charge in [0.1, 0.15) is 12.0 Å². The molecule has 0 atom stereocenters. The van der Waals surface area contributed by atoms with Crippen molar-refractivity contribution in [1.82, 2.24) is 9.97 Å². The van der Waals surface area contributed by atoms with Crippen LogP contribution in [-0.2, 0) is 4.74 Å². The zero-order valence-corrected chi connectivity index (χ0v) is 15.6. The predicted octanol–water partition coefficient (Wildman–Crippen LogP) is 3.83. The summed E-state index contributed by atoms with van der Waals surface area (Å²) in [6.07, 6.45) is 3.60. The van der Waals surface area contributed by atoms with E-state index in [0.29, 0.717) is 35.4 Å². The van der Waals surface area contributed by atoms with Crippen LogP contribution >= 0.6 is 0 Å². The first-order valence-electron chi connectivity index (χ1n) is 8.89. The third kappa shape index (κ3) is 5.61. The van der Waals surface area contributed by atoms with Crippen molar-refractivity contribution in [2.45, 2.75) is 33.6 Å². The van der Waals surface area contributed by atoms with Crippen molar-refractivity contribution in [2.75, 3.05) is 29.5 Å². The highest BCUT2D eigenvalue weighted by atomic mass is 16.5. The van der Waals surface area contributed by atoms with E-state index in [1.165, 1.54) is 6.33 Å². The number of hydrogen-bond acceptors (Lipinski definition) is 7. The Bertz CT molecular complexity index is 716. The van der Waals surface area contributed by atoms with Crippen molar-refractivity contribution in [1.29, 1.82) is 0 Å². The first-order chi connectivity index (χ1) is 12.5. The molecule has 0 spiro atoms.